The molecule has 2 aromatic heterocycles. The number of hydrogen-bond donors (Lipinski definition) is 1. The fourth-order valence-corrected chi connectivity index (χ4v) is 2.29. The number of nitrogens with zero attached hydrogens (tertiary/aromatic N) is 2. The summed E-state index contributed by atoms with van der Waals surface area (Å²) in [6, 6.07) is 5.76. The van der Waals surface area contributed by atoms with Crippen LogP contribution in [0.1, 0.15) is 18.5 Å². The molecule has 19 heavy (non-hydrogen) atoms. The van der Waals surface area contributed by atoms with Crippen molar-refractivity contribution in [3.63, 3.8) is 0 Å². The molecule has 0 radical (unpaired) electrons. The SMILES string of the molecule is CCOCc1nc(NC)cc(SCc2ccco2)n1. The van der Waals surface area contributed by atoms with Gasteiger partial charge in [-0.1, -0.05) is 11.8 Å². The summed E-state index contributed by atoms with van der Waals surface area (Å²) in [5.41, 5.74) is 0. The minimum atomic E-state index is 0.431. The van der Waals surface area contributed by atoms with Crippen molar-refractivity contribution in [1.29, 1.82) is 0 Å². The van der Waals surface area contributed by atoms with Crippen LogP contribution in [0.4, 0.5) is 5.82 Å². The molecule has 0 fully saturated rings. The van der Waals surface area contributed by atoms with Gasteiger partial charge in [0.25, 0.3) is 0 Å². The van der Waals surface area contributed by atoms with Gasteiger partial charge in [-0.25, -0.2) is 9.97 Å². The zero-order valence-corrected chi connectivity index (χ0v) is 11.9. The van der Waals surface area contributed by atoms with E-state index in [9.17, 15) is 0 Å². The van der Waals surface area contributed by atoms with Gasteiger partial charge in [0.1, 0.15) is 23.2 Å². The van der Waals surface area contributed by atoms with Gasteiger partial charge in [0.15, 0.2) is 5.82 Å². The van der Waals surface area contributed by atoms with Crippen LogP contribution in [0, 0.1) is 0 Å². The molecule has 0 saturated carbocycles. The van der Waals surface area contributed by atoms with E-state index < -0.39 is 0 Å². The summed E-state index contributed by atoms with van der Waals surface area (Å²) in [4.78, 5) is 8.81. The largest absolute Gasteiger partial charge is 0.468 e. The quantitative estimate of drug-likeness (QED) is 0.621. The van der Waals surface area contributed by atoms with Crippen molar-refractivity contribution in [2.75, 3.05) is 19.0 Å². The first kappa shape index (κ1) is 13.9. The third-order valence-electron chi connectivity index (χ3n) is 2.38. The molecule has 5 nitrogen and oxygen atoms in total. The van der Waals surface area contributed by atoms with Crippen LogP contribution < -0.4 is 5.32 Å². The van der Waals surface area contributed by atoms with Gasteiger partial charge in [-0.05, 0) is 19.1 Å². The fourth-order valence-electron chi connectivity index (χ4n) is 1.47. The average molecular weight is 279 g/mol. The second kappa shape index (κ2) is 7.16. The number of nitrogens with one attached hydrogen (secondary N) is 1. The van der Waals surface area contributed by atoms with Crippen molar-refractivity contribution in [1.82, 2.24) is 9.97 Å². The molecule has 0 bridgehead atoms. The number of rotatable bonds is 7. The predicted octanol–water partition coefficient (Wildman–Crippen LogP) is 2.94. The first-order valence-electron chi connectivity index (χ1n) is 6.10. The Morgan fingerprint density at radius 3 is 3.00 bits per heavy atom. The fraction of sp³-hybridized carbons (Fsp3) is 0.385. The van der Waals surface area contributed by atoms with E-state index in [0.717, 1.165) is 22.4 Å². The Balaban J connectivity index is 2.05. The minimum Gasteiger partial charge on any atom is -0.468 e. The number of thioether (sulfide) groups is 1. The first-order valence-corrected chi connectivity index (χ1v) is 7.09. The van der Waals surface area contributed by atoms with Crippen LogP contribution in [0.25, 0.3) is 0 Å². The Morgan fingerprint density at radius 1 is 1.42 bits per heavy atom. The minimum absolute atomic E-state index is 0.431. The summed E-state index contributed by atoms with van der Waals surface area (Å²) in [5.74, 6) is 3.17. The second-order valence-electron chi connectivity index (χ2n) is 3.76. The molecule has 0 spiro atoms. The molecule has 0 atom stereocenters. The van der Waals surface area contributed by atoms with Crippen LogP contribution in [0.3, 0.4) is 0 Å². The second-order valence-corrected chi connectivity index (χ2v) is 4.76. The molecule has 1 N–H and O–H groups in total. The molecule has 2 heterocycles. The number of anilines is 1. The van der Waals surface area contributed by atoms with E-state index in [1.807, 2.05) is 32.2 Å². The number of hydrogen-bond acceptors (Lipinski definition) is 6. The molecule has 0 aliphatic heterocycles. The molecule has 0 aliphatic rings. The molecular weight excluding hydrogens is 262 g/mol. The summed E-state index contributed by atoms with van der Waals surface area (Å²) >= 11 is 1.61. The molecule has 0 unspecified atom stereocenters. The molecule has 102 valence electrons. The maximum absolute atomic E-state index is 5.34. The molecule has 0 aromatic carbocycles. The zero-order valence-electron chi connectivity index (χ0n) is 11.0. The number of furan rings is 1. The van der Waals surface area contributed by atoms with Crippen molar-refractivity contribution in [2.45, 2.75) is 24.3 Å². The molecule has 2 aromatic rings. The number of aromatic nitrogens is 2. The molecule has 0 amide bonds. The van der Waals surface area contributed by atoms with Crippen molar-refractivity contribution >= 4 is 17.6 Å². The van der Waals surface area contributed by atoms with Gasteiger partial charge in [-0.15, -0.1) is 0 Å². The van der Waals surface area contributed by atoms with Crippen molar-refractivity contribution in [3.05, 3.63) is 36.0 Å². The van der Waals surface area contributed by atoms with Crippen molar-refractivity contribution < 1.29 is 9.15 Å². The third kappa shape index (κ3) is 4.25. The van der Waals surface area contributed by atoms with Gasteiger partial charge in [0, 0.05) is 19.7 Å². The standard InChI is InChI=1S/C13H17N3O2S/c1-3-17-8-12-15-11(14-2)7-13(16-12)19-9-10-5-4-6-18-10/h4-7H,3,8-9H2,1-2H3,(H,14,15,16). The Hall–Kier alpha value is -1.53. The summed E-state index contributed by atoms with van der Waals surface area (Å²) < 4.78 is 10.6. The van der Waals surface area contributed by atoms with Crippen LogP contribution in [0.2, 0.25) is 0 Å². The summed E-state index contributed by atoms with van der Waals surface area (Å²) in [7, 11) is 1.84. The summed E-state index contributed by atoms with van der Waals surface area (Å²) in [6.07, 6.45) is 1.68. The Bertz CT molecular complexity index is 503. The average Bonchev–Trinajstić information content (AvgIpc) is 2.96. The van der Waals surface area contributed by atoms with E-state index in [4.69, 9.17) is 9.15 Å². The lowest BCUT2D eigenvalue weighted by Gasteiger charge is -2.07. The lowest BCUT2D eigenvalue weighted by atomic mass is 10.5. The van der Waals surface area contributed by atoms with E-state index in [1.54, 1.807) is 18.0 Å². The highest BCUT2D eigenvalue weighted by atomic mass is 32.2. The van der Waals surface area contributed by atoms with Crippen molar-refractivity contribution in [3.8, 4) is 0 Å². The lowest BCUT2D eigenvalue weighted by molar-refractivity contribution is 0.128. The highest BCUT2D eigenvalue weighted by Crippen LogP contribution is 2.23. The maximum Gasteiger partial charge on any atom is 0.157 e. The zero-order chi connectivity index (χ0) is 13.5. The topological polar surface area (TPSA) is 60.2 Å². The third-order valence-corrected chi connectivity index (χ3v) is 3.32. The van der Waals surface area contributed by atoms with Crippen LogP contribution in [0.15, 0.2) is 33.9 Å². The molecule has 2 rings (SSSR count). The van der Waals surface area contributed by atoms with Crippen LogP contribution in [0.5, 0.6) is 0 Å². The molecule has 6 heteroatoms. The van der Waals surface area contributed by atoms with Gasteiger partial charge >= 0.3 is 0 Å². The van der Waals surface area contributed by atoms with E-state index in [2.05, 4.69) is 15.3 Å². The van der Waals surface area contributed by atoms with Crippen molar-refractivity contribution in [2.24, 2.45) is 0 Å². The molecular formula is C13H17N3O2S. The maximum atomic E-state index is 5.34. The lowest BCUT2D eigenvalue weighted by Crippen LogP contribution is -2.03. The first-order chi connectivity index (χ1) is 9.31. The Labute approximate surface area is 116 Å². The summed E-state index contributed by atoms with van der Waals surface area (Å²) in [6.45, 7) is 3.04. The highest BCUT2D eigenvalue weighted by Gasteiger charge is 2.06. The van der Waals surface area contributed by atoms with Gasteiger partial charge in [-0.3, -0.25) is 0 Å². The highest BCUT2D eigenvalue weighted by molar-refractivity contribution is 7.98. The van der Waals surface area contributed by atoms with Crippen LogP contribution in [-0.2, 0) is 17.1 Å². The van der Waals surface area contributed by atoms with E-state index in [0.29, 0.717) is 19.0 Å². The Morgan fingerprint density at radius 2 is 2.32 bits per heavy atom. The monoisotopic (exact) mass is 279 g/mol. The van der Waals surface area contributed by atoms with Gasteiger partial charge < -0.3 is 14.5 Å². The molecule has 0 saturated heterocycles. The van der Waals surface area contributed by atoms with E-state index in [-0.39, 0.29) is 0 Å². The van der Waals surface area contributed by atoms with E-state index in [1.165, 1.54) is 0 Å². The van der Waals surface area contributed by atoms with Crippen LogP contribution >= 0.6 is 11.8 Å². The van der Waals surface area contributed by atoms with Gasteiger partial charge in [0.05, 0.1) is 12.0 Å². The predicted molar refractivity (Wildman–Crippen MR) is 75.2 cm³/mol. The summed E-state index contributed by atoms with van der Waals surface area (Å²) in [5, 5.41) is 3.94. The Kier molecular flexibility index (Phi) is 5.23. The van der Waals surface area contributed by atoms with Gasteiger partial charge in [-0.2, -0.15) is 0 Å². The van der Waals surface area contributed by atoms with Crippen LogP contribution in [-0.4, -0.2) is 23.6 Å². The normalized spacial score (nSPS) is 10.6. The van der Waals surface area contributed by atoms with Gasteiger partial charge in [0.2, 0.25) is 0 Å². The number of ether oxygens (including phenoxy) is 1. The smallest absolute Gasteiger partial charge is 0.157 e. The molecule has 0 aliphatic carbocycles. The van der Waals surface area contributed by atoms with E-state index >= 15 is 0 Å².